The molecule has 0 aromatic heterocycles. The van der Waals surface area contributed by atoms with E-state index in [9.17, 15) is 0 Å². The fourth-order valence-corrected chi connectivity index (χ4v) is 0.877. The van der Waals surface area contributed by atoms with Crippen molar-refractivity contribution in [3.8, 4) is 0 Å². The van der Waals surface area contributed by atoms with Gasteiger partial charge in [-0.2, -0.15) is 0 Å². The Morgan fingerprint density at radius 1 is 1.42 bits per heavy atom. The van der Waals surface area contributed by atoms with Gasteiger partial charge in [-0.15, -0.1) is 0 Å². The van der Waals surface area contributed by atoms with Crippen LogP contribution in [0, 0.1) is 0 Å². The second-order valence-corrected chi connectivity index (χ2v) is 2.39. The van der Waals surface area contributed by atoms with Gasteiger partial charge in [0.25, 0.3) is 0 Å². The highest BCUT2D eigenvalue weighted by Crippen LogP contribution is 2.09. The molecular weight excluding hydrogens is 176 g/mol. The van der Waals surface area contributed by atoms with E-state index >= 15 is 0 Å². The average Bonchev–Trinajstić information content (AvgIpc) is 2.06. The quantitative estimate of drug-likeness (QED) is 0.553. The highest BCUT2D eigenvalue weighted by molar-refractivity contribution is 6.30. The van der Waals surface area contributed by atoms with Crippen molar-refractivity contribution in [3.63, 3.8) is 0 Å². The molecule has 12 heavy (non-hydrogen) atoms. The summed E-state index contributed by atoms with van der Waals surface area (Å²) in [6, 6.07) is 7.54. The molecule has 0 amide bonds. The molecule has 0 saturated heterocycles. The molecule has 1 aromatic rings. The maximum absolute atomic E-state index is 7.00. The number of hydrogen-bond acceptors (Lipinski definition) is 3. The topological polar surface area (TPSA) is 66.5 Å². The van der Waals surface area contributed by atoms with Crippen LogP contribution in [0.3, 0.4) is 0 Å². The Balaban J connectivity index is 0.000000354. The van der Waals surface area contributed by atoms with E-state index in [1.165, 1.54) is 0 Å². The van der Waals surface area contributed by atoms with Crippen molar-refractivity contribution in [1.29, 1.82) is 0 Å². The predicted octanol–water partition coefficient (Wildman–Crippen LogP) is 0.304. The molecule has 0 spiro atoms. The molecule has 0 aliphatic carbocycles. The Labute approximate surface area is 77.1 Å². The van der Waals surface area contributed by atoms with Gasteiger partial charge in [-0.05, 0) is 17.7 Å². The second kappa shape index (κ2) is 7.12. The van der Waals surface area contributed by atoms with Crippen LogP contribution in [0.4, 0.5) is 0 Å². The summed E-state index contributed by atoms with van der Waals surface area (Å²) >= 11 is 5.67. The second-order valence-electron chi connectivity index (χ2n) is 1.95. The predicted molar refractivity (Wildman–Crippen MR) is 49.5 cm³/mol. The van der Waals surface area contributed by atoms with E-state index in [2.05, 4.69) is 0 Å². The summed E-state index contributed by atoms with van der Waals surface area (Å²) in [7, 11) is 0. The molecule has 0 fully saturated rings. The highest BCUT2D eigenvalue weighted by Gasteiger charge is 1.87. The van der Waals surface area contributed by atoms with E-state index in [-0.39, 0.29) is 7.69 Å². The molecule has 3 nitrogen and oxygen atoms in total. The Morgan fingerprint density at radius 2 is 2.00 bits per heavy atom. The van der Waals surface area contributed by atoms with Crippen LogP contribution in [0.25, 0.3) is 0 Å². The van der Waals surface area contributed by atoms with Crippen molar-refractivity contribution in [2.24, 2.45) is 5.73 Å². The molecule has 0 bridgehead atoms. The minimum absolute atomic E-state index is 0. The molecule has 65 valence electrons. The first-order valence-electron chi connectivity index (χ1n) is 3.29. The lowest BCUT2D eigenvalue weighted by Gasteiger charge is -1.93. The number of nitrogens with two attached hydrogens (primary N) is 1. The maximum atomic E-state index is 7.00. The Kier molecular flexibility index (Phi) is 6.80. The van der Waals surface area contributed by atoms with Gasteiger partial charge in [0.2, 0.25) is 0 Å². The summed E-state index contributed by atoms with van der Waals surface area (Å²) in [5, 5.41) is 14.7. The molecule has 1 aromatic carbocycles. The smallest absolute Gasteiger partial charge is 0.429 e. The lowest BCUT2D eigenvalue weighted by atomic mass is 10.2. The van der Waals surface area contributed by atoms with Crippen molar-refractivity contribution in [2.75, 3.05) is 0 Å². The van der Waals surface area contributed by atoms with Gasteiger partial charge in [0.15, 0.2) is 0 Å². The summed E-state index contributed by atoms with van der Waals surface area (Å²) in [4.78, 5) is 0. The van der Waals surface area contributed by atoms with Crippen molar-refractivity contribution < 1.29 is 10.0 Å². The van der Waals surface area contributed by atoms with Crippen molar-refractivity contribution in [3.05, 3.63) is 34.9 Å². The lowest BCUT2D eigenvalue weighted by Crippen LogP contribution is -1.94. The minimum atomic E-state index is 0. The van der Waals surface area contributed by atoms with Crippen LogP contribution in [0.1, 0.15) is 5.56 Å². The number of hydrogen-bond donors (Lipinski definition) is 3. The van der Waals surface area contributed by atoms with Crippen LogP contribution in [-0.4, -0.2) is 17.7 Å². The maximum Gasteiger partial charge on any atom is 0.482 e. The van der Waals surface area contributed by atoms with E-state index in [0.29, 0.717) is 6.54 Å². The summed E-state index contributed by atoms with van der Waals surface area (Å²) in [6.07, 6.45) is 0. The fourth-order valence-electron chi connectivity index (χ4n) is 0.664. The van der Waals surface area contributed by atoms with Crippen molar-refractivity contribution in [1.82, 2.24) is 0 Å². The third kappa shape index (κ3) is 5.15. The van der Waals surface area contributed by atoms with Gasteiger partial charge in [-0.25, -0.2) is 0 Å². The van der Waals surface area contributed by atoms with Crippen molar-refractivity contribution >= 4 is 19.3 Å². The fraction of sp³-hybridized carbons (Fsp3) is 0.143. The molecule has 0 heterocycles. The van der Waals surface area contributed by atoms with Gasteiger partial charge in [0.05, 0.1) is 0 Å². The number of benzene rings is 1. The lowest BCUT2D eigenvalue weighted by molar-refractivity contribution is 0.448. The van der Waals surface area contributed by atoms with Crippen LogP contribution in [0.5, 0.6) is 0 Å². The van der Waals surface area contributed by atoms with Crippen LogP contribution < -0.4 is 5.73 Å². The summed E-state index contributed by atoms with van der Waals surface area (Å²) in [6.45, 7) is 0.556. The molecule has 0 unspecified atom stereocenters. The van der Waals surface area contributed by atoms with E-state index in [1.807, 2.05) is 24.3 Å². The van der Waals surface area contributed by atoms with E-state index < -0.39 is 0 Å². The van der Waals surface area contributed by atoms with Crippen LogP contribution in [-0.2, 0) is 6.54 Å². The van der Waals surface area contributed by atoms with E-state index in [0.717, 1.165) is 10.6 Å². The molecule has 0 saturated carbocycles. The van der Waals surface area contributed by atoms with Gasteiger partial charge in [0, 0.05) is 11.6 Å². The van der Waals surface area contributed by atoms with E-state index in [4.69, 9.17) is 27.4 Å². The molecule has 1 radical (unpaired) electrons. The zero-order chi connectivity index (χ0) is 9.40. The standard InChI is InChI=1S/C7H8ClN.BH2O2/c8-7-3-1-2-6(4-7)5-9;2-1-3/h1-4H,5,9H2;2-3H. The first-order valence-corrected chi connectivity index (χ1v) is 3.67. The zero-order valence-electron chi connectivity index (χ0n) is 6.44. The monoisotopic (exact) mass is 186 g/mol. The Hall–Kier alpha value is -0.545. The third-order valence-corrected chi connectivity index (χ3v) is 1.36. The molecular formula is C7H10BClNO2. The van der Waals surface area contributed by atoms with E-state index in [1.54, 1.807) is 0 Å². The largest absolute Gasteiger partial charge is 0.482 e. The normalized spacial score (nSPS) is 8.33. The van der Waals surface area contributed by atoms with Crippen LogP contribution >= 0.6 is 11.6 Å². The number of rotatable bonds is 1. The minimum Gasteiger partial charge on any atom is -0.429 e. The van der Waals surface area contributed by atoms with Crippen LogP contribution in [0.15, 0.2) is 24.3 Å². The van der Waals surface area contributed by atoms with Gasteiger partial charge >= 0.3 is 7.69 Å². The first kappa shape index (κ1) is 11.5. The van der Waals surface area contributed by atoms with Gasteiger partial charge in [0.1, 0.15) is 0 Å². The molecule has 0 aliphatic rings. The summed E-state index contributed by atoms with van der Waals surface area (Å²) in [5.74, 6) is 0. The number of halogens is 1. The van der Waals surface area contributed by atoms with Crippen molar-refractivity contribution in [2.45, 2.75) is 6.54 Å². The van der Waals surface area contributed by atoms with Gasteiger partial charge in [-0.3, -0.25) is 0 Å². The molecule has 5 heteroatoms. The zero-order valence-corrected chi connectivity index (χ0v) is 7.20. The summed E-state index contributed by atoms with van der Waals surface area (Å²) < 4.78 is 0. The third-order valence-electron chi connectivity index (χ3n) is 1.12. The first-order chi connectivity index (χ1) is 5.74. The average molecular weight is 186 g/mol. The van der Waals surface area contributed by atoms with Crippen LogP contribution in [0.2, 0.25) is 5.02 Å². The molecule has 0 aliphatic heterocycles. The molecule has 0 atom stereocenters. The Bertz CT molecular complexity index is 222. The SMILES string of the molecule is NCc1cccc(Cl)c1.O[B]O. The van der Waals surface area contributed by atoms with Gasteiger partial charge < -0.3 is 15.8 Å². The summed E-state index contributed by atoms with van der Waals surface area (Å²) in [5.41, 5.74) is 6.43. The van der Waals surface area contributed by atoms with Gasteiger partial charge in [-0.1, -0.05) is 23.7 Å². The molecule has 4 N–H and O–H groups in total. The molecule has 1 rings (SSSR count). The highest BCUT2D eigenvalue weighted by atomic mass is 35.5. The Morgan fingerprint density at radius 3 is 2.33 bits per heavy atom.